The number of likely N-dealkylation sites (tertiary alicyclic amines) is 1. The second-order valence-corrected chi connectivity index (χ2v) is 17.8. The van der Waals surface area contributed by atoms with Crippen LogP contribution >= 0.6 is 43.2 Å². The molecule has 3 heterocycles. The van der Waals surface area contributed by atoms with Crippen molar-refractivity contribution in [2.24, 2.45) is 0 Å². The number of hydrogen-bond acceptors (Lipinski definition) is 9. The molecule has 1 aromatic carbocycles. The predicted octanol–water partition coefficient (Wildman–Crippen LogP) is 7.94. The van der Waals surface area contributed by atoms with E-state index < -0.39 is 0 Å². The molecule has 3 saturated heterocycles. The van der Waals surface area contributed by atoms with Gasteiger partial charge in [0.25, 0.3) is 0 Å². The largest absolute Gasteiger partial charge is 0.426 e. The van der Waals surface area contributed by atoms with E-state index in [1.54, 1.807) is 0 Å². The summed E-state index contributed by atoms with van der Waals surface area (Å²) in [7, 11) is 8.01. The van der Waals surface area contributed by atoms with Crippen LogP contribution in [0, 0.1) is 6.92 Å². The minimum absolute atomic E-state index is 0.0815. The van der Waals surface area contributed by atoms with Crippen LogP contribution in [0.3, 0.4) is 0 Å². The Morgan fingerprint density at radius 2 is 1.47 bits per heavy atom. The second kappa shape index (κ2) is 23.3. The monoisotopic (exact) mass is 697 g/mol. The highest BCUT2D eigenvalue weighted by Crippen LogP contribution is 2.40. The van der Waals surface area contributed by atoms with Crippen LogP contribution in [-0.4, -0.2) is 70.9 Å². The van der Waals surface area contributed by atoms with E-state index in [2.05, 4.69) is 15.5 Å². The molecule has 0 aliphatic carbocycles. The minimum atomic E-state index is -0.335. The molecule has 3 aliphatic rings. The molecule has 1 aromatic rings. The molecule has 7 nitrogen and oxygen atoms in total. The molecule has 0 bridgehead atoms. The van der Waals surface area contributed by atoms with Crippen molar-refractivity contribution in [3.63, 3.8) is 0 Å². The quantitative estimate of drug-likeness (QED) is 0.0729. The van der Waals surface area contributed by atoms with Crippen molar-refractivity contribution in [1.82, 2.24) is 15.5 Å². The lowest BCUT2D eigenvalue weighted by molar-refractivity contribution is -0.132. The lowest BCUT2D eigenvalue weighted by atomic mass is 10.1. The summed E-state index contributed by atoms with van der Waals surface area (Å²) in [5.74, 6) is 3.13. The van der Waals surface area contributed by atoms with Gasteiger partial charge in [0.15, 0.2) is 0 Å². The number of nitrogens with one attached hydrogen (secondary N) is 2. The number of benzene rings is 1. The van der Waals surface area contributed by atoms with Crippen LogP contribution in [0.2, 0.25) is 0 Å². The molecule has 0 unspecified atom stereocenters. The lowest BCUT2D eigenvalue weighted by Gasteiger charge is -2.26. The van der Waals surface area contributed by atoms with Gasteiger partial charge in [-0.3, -0.25) is 14.4 Å². The van der Waals surface area contributed by atoms with Gasteiger partial charge in [-0.15, -0.1) is 0 Å². The highest BCUT2D eigenvalue weighted by atomic mass is 33.1. The molecule has 2 N–H and O–H groups in total. The summed E-state index contributed by atoms with van der Waals surface area (Å²) in [6.07, 6.45) is 16.0. The molecular weight excluding hydrogens is 643 g/mol. The highest BCUT2D eigenvalue weighted by molar-refractivity contribution is 8.77. The van der Waals surface area contributed by atoms with E-state index in [1.807, 2.05) is 68.3 Å². The number of hydrogen-bond donors (Lipinski definition) is 2. The van der Waals surface area contributed by atoms with Gasteiger partial charge >= 0.3 is 5.97 Å². The molecule has 0 aromatic heterocycles. The first-order valence-electron chi connectivity index (χ1n) is 17.0. The summed E-state index contributed by atoms with van der Waals surface area (Å²) in [6, 6.07) is 5.65. The number of aryl methyl sites for hydroxylation is 1. The number of piperidine rings is 1. The number of unbranched alkanes of at least 4 members (excludes halogenated alkanes) is 2. The summed E-state index contributed by atoms with van der Waals surface area (Å²) >= 11 is 0. The van der Waals surface area contributed by atoms with E-state index in [0.29, 0.717) is 25.1 Å². The Hall–Kier alpha value is -1.01. The zero-order valence-electron chi connectivity index (χ0n) is 27.4. The van der Waals surface area contributed by atoms with Gasteiger partial charge in [0.05, 0.1) is 0 Å². The van der Waals surface area contributed by atoms with Crippen molar-refractivity contribution in [1.29, 1.82) is 0 Å². The first kappa shape index (κ1) is 38.4. The van der Waals surface area contributed by atoms with Crippen LogP contribution in [0.25, 0.3) is 0 Å². The van der Waals surface area contributed by atoms with Crippen LogP contribution < -0.4 is 15.4 Å². The van der Waals surface area contributed by atoms with Crippen LogP contribution in [0.15, 0.2) is 18.2 Å². The highest BCUT2D eigenvalue weighted by Gasteiger charge is 2.17. The number of ether oxygens (including phenoxy) is 1. The number of amides is 2. The van der Waals surface area contributed by atoms with E-state index in [9.17, 15) is 14.4 Å². The van der Waals surface area contributed by atoms with Crippen molar-refractivity contribution in [2.45, 2.75) is 121 Å². The predicted molar refractivity (Wildman–Crippen MR) is 196 cm³/mol. The average molecular weight is 698 g/mol. The number of carbonyl (C=O) groups is 3. The van der Waals surface area contributed by atoms with E-state index in [1.165, 1.54) is 82.9 Å². The Labute approximate surface area is 287 Å². The van der Waals surface area contributed by atoms with Crippen molar-refractivity contribution >= 4 is 61.0 Å². The van der Waals surface area contributed by atoms with E-state index >= 15 is 0 Å². The van der Waals surface area contributed by atoms with E-state index in [0.717, 1.165) is 60.4 Å². The molecule has 4 rings (SSSR count). The second-order valence-electron chi connectivity index (χ2n) is 12.2. The summed E-state index contributed by atoms with van der Waals surface area (Å²) in [6.45, 7) is 8.25. The SMILES string of the molecule is CC(=O)Oc1cc(CNC(=O)CCCC[C@@H]2CCSS2)ccc1C.O=C(CCCC[C@@H]1CCSS1)NCCCN1CCCCC1. The molecule has 2 atom stereocenters. The van der Waals surface area contributed by atoms with E-state index in [4.69, 9.17) is 4.74 Å². The van der Waals surface area contributed by atoms with Crippen LogP contribution in [0.1, 0.15) is 108 Å². The fourth-order valence-corrected chi connectivity index (χ4v) is 11.6. The maximum atomic E-state index is 11.9. The zero-order valence-corrected chi connectivity index (χ0v) is 30.7. The molecule has 45 heavy (non-hydrogen) atoms. The third kappa shape index (κ3) is 17.6. The lowest BCUT2D eigenvalue weighted by Crippen LogP contribution is -2.33. The minimum Gasteiger partial charge on any atom is -0.426 e. The standard InChI is InChI=1S/C18H25NO3S2.C16H30N2OS2/c1-13-7-8-15(11-17(13)22-14(2)20)12-19-18(21)6-4-3-5-16-9-10-23-24-16;19-16(8-3-2-7-15-9-14-20-21-15)17-10-6-13-18-11-4-1-5-12-18/h7-8,11,16H,3-6,9-10,12H2,1-2H3,(H,19,21);15H,1-14H2,(H,17,19)/t16-;15-/m11/s1. The van der Waals surface area contributed by atoms with Gasteiger partial charge in [-0.1, -0.05) is 74.6 Å². The smallest absolute Gasteiger partial charge is 0.308 e. The van der Waals surface area contributed by atoms with Gasteiger partial charge in [0, 0.05) is 54.9 Å². The Morgan fingerprint density at radius 3 is 2.04 bits per heavy atom. The summed E-state index contributed by atoms with van der Waals surface area (Å²) in [5.41, 5.74) is 1.84. The number of carbonyl (C=O) groups excluding carboxylic acids is 3. The Bertz CT molecular complexity index is 1010. The molecule has 0 radical (unpaired) electrons. The maximum absolute atomic E-state index is 11.9. The van der Waals surface area contributed by atoms with Crippen molar-refractivity contribution in [3.8, 4) is 5.75 Å². The molecule has 254 valence electrons. The first-order chi connectivity index (χ1) is 21.9. The molecule has 3 fully saturated rings. The molecule has 3 aliphatic heterocycles. The third-order valence-corrected chi connectivity index (χ3v) is 14.2. The Morgan fingerprint density at radius 1 is 0.844 bits per heavy atom. The maximum Gasteiger partial charge on any atom is 0.308 e. The van der Waals surface area contributed by atoms with Gasteiger partial charge in [-0.2, -0.15) is 0 Å². The van der Waals surface area contributed by atoms with Gasteiger partial charge in [0.2, 0.25) is 11.8 Å². The Kier molecular flexibility index (Phi) is 19.9. The fraction of sp³-hybridized carbons (Fsp3) is 0.735. The van der Waals surface area contributed by atoms with Gasteiger partial charge in [-0.05, 0) is 102 Å². The van der Waals surface area contributed by atoms with Crippen LogP contribution in [0.5, 0.6) is 5.75 Å². The Balaban J connectivity index is 0.000000248. The third-order valence-electron chi connectivity index (χ3n) is 8.23. The summed E-state index contributed by atoms with van der Waals surface area (Å²) < 4.78 is 5.17. The van der Waals surface area contributed by atoms with E-state index in [-0.39, 0.29) is 17.8 Å². The molecule has 0 spiro atoms. The number of nitrogens with zero attached hydrogens (tertiary/aromatic N) is 1. The normalized spacial score (nSPS) is 19.9. The topological polar surface area (TPSA) is 87.7 Å². The van der Waals surface area contributed by atoms with Gasteiger partial charge < -0.3 is 20.3 Å². The number of esters is 1. The summed E-state index contributed by atoms with van der Waals surface area (Å²) in [4.78, 5) is 37.3. The van der Waals surface area contributed by atoms with Gasteiger partial charge in [-0.25, -0.2) is 0 Å². The van der Waals surface area contributed by atoms with Crippen molar-refractivity contribution in [2.75, 3.05) is 37.7 Å². The van der Waals surface area contributed by atoms with Crippen LogP contribution in [-0.2, 0) is 20.9 Å². The first-order valence-corrected chi connectivity index (χ1v) is 21.8. The van der Waals surface area contributed by atoms with Gasteiger partial charge in [0.1, 0.15) is 5.75 Å². The number of rotatable bonds is 17. The van der Waals surface area contributed by atoms with Crippen LogP contribution in [0.4, 0.5) is 0 Å². The summed E-state index contributed by atoms with van der Waals surface area (Å²) in [5, 5.41) is 7.65. The fourth-order valence-electron chi connectivity index (χ4n) is 5.55. The van der Waals surface area contributed by atoms with Crippen molar-refractivity contribution < 1.29 is 19.1 Å². The average Bonchev–Trinajstić information content (AvgIpc) is 3.76. The molecular formula is C34H55N3O4S4. The molecule has 2 amide bonds. The molecule has 11 heteroatoms. The van der Waals surface area contributed by atoms with Crippen molar-refractivity contribution in [3.05, 3.63) is 29.3 Å². The molecule has 0 saturated carbocycles. The zero-order chi connectivity index (χ0) is 32.1.